The minimum absolute atomic E-state index is 0.0895. The maximum atomic E-state index is 15.1. The predicted molar refractivity (Wildman–Crippen MR) is 205 cm³/mol. The second kappa shape index (κ2) is 13.1. The molecule has 0 spiro atoms. The molecule has 11 nitrogen and oxygen atoms in total. The normalized spacial score (nSPS) is 14.5. The zero-order valence-electron chi connectivity index (χ0n) is 29.8. The molecule has 1 aliphatic heterocycles. The number of benzene rings is 3. The molecule has 52 heavy (non-hydrogen) atoms. The van der Waals surface area contributed by atoms with Gasteiger partial charge in [-0.25, -0.2) is 0 Å². The summed E-state index contributed by atoms with van der Waals surface area (Å²) in [7, 11) is 1.94. The Morgan fingerprint density at radius 1 is 0.981 bits per heavy atom. The zero-order valence-corrected chi connectivity index (χ0v) is 31.3. The van der Waals surface area contributed by atoms with Gasteiger partial charge in [0.1, 0.15) is 11.4 Å². The average Bonchev–Trinajstić information content (AvgIpc) is 3.84. The number of aryl methyl sites for hydroxylation is 5. The second-order valence-electron chi connectivity index (χ2n) is 13.6. The zero-order chi connectivity index (χ0) is 36.4. The molecule has 1 amide bonds. The number of pyridine rings is 1. The Hall–Kier alpha value is -5.26. The lowest BCUT2D eigenvalue weighted by Gasteiger charge is -2.35. The molecular weight excluding hydrogens is 697 g/mol. The predicted octanol–water partition coefficient (Wildman–Crippen LogP) is 8.54. The number of hydrogen-bond donors (Lipinski definition) is 1. The van der Waals surface area contributed by atoms with Crippen molar-refractivity contribution in [1.82, 2.24) is 40.0 Å². The molecule has 1 atom stereocenters. The van der Waals surface area contributed by atoms with Crippen molar-refractivity contribution in [3.63, 3.8) is 0 Å². The summed E-state index contributed by atoms with van der Waals surface area (Å²) in [5.74, 6) is 1.16. The lowest BCUT2D eigenvalue weighted by Crippen LogP contribution is -2.42. The molecule has 1 aliphatic rings. The SMILES string of the molecule is Cc1cc(OCCCc2c3n(c4c(-c5c(C)nn(C)c5C)c(Cl)ccc24)C(C)CN(c2ccnc4ccc(-c5nn[nH]n5)cc24)C3=O)cc(C)c1Cl. The van der Waals surface area contributed by atoms with Gasteiger partial charge >= 0.3 is 0 Å². The number of hydrogen-bond acceptors (Lipinski definition) is 7. The Kier molecular flexibility index (Phi) is 8.50. The van der Waals surface area contributed by atoms with Crippen molar-refractivity contribution >= 4 is 56.6 Å². The third-order valence-electron chi connectivity index (χ3n) is 10.2. The molecule has 1 unspecified atom stereocenters. The van der Waals surface area contributed by atoms with Gasteiger partial charge < -0.3 is 14.2 Å². The largest absolute Gasteiger partial charge is 0.494 e. The maximum Gasteiger partial charge on any atom is 0.275 e. The van der Waals surface area contributed by atoms with Crippen molar-refractivity contribution in [2.75, 3.05) is 18.1 Å². The molecular formula is C39H37Cl2N9O2. The first-order chi connectivity index (χ1) is 25.0. The van der Waals surface area contributed by atoms with Crippen LogP contribution in [0.5, 0.6) is 5.75 Å². The number of nitrogens with one attached hydrogen (secondary N) is 1. The first-order valence-electron chi connectivity index (χ1n) is 17.2. The van der Waals surface area contributed by atoms with E-state index in [-0.39, 0.29) is 11.9 Å². The summed E-state index contributed by atoms with van der Waals surface area (Å²) in [5, 5.41) is 22.5. The van der Waals surface area contributed by atoms with Crippen LogP contribution in [0.3, 0.4) is 0 Å². The van der Waals surface area contributed by atoms with Gasteiger partial charge in [0.25, 0.3) is 5.91 Å². The van der Waals surface area contributed by atoms with Crippen LogP contribution in [0.4, 0.5) is 5.69 Å². The van der Waals surface area contributed by atoms with E-state index in [0.717, 1.165) is 83.0 Å². The summed E-state index contributed by atoms with van der Waals surface area (Å²) < 4.78 is 10.3. The van der Waals surface area contributed by atoms with E-state index >= 15 is 4.79 Å². The molecule has 8 rings (SSSR count). The molecule has 264 valence electrons. The molecule has 0 saturated heterocycles. The van der Waals surface area contributed by atoms with Crippen molar-refractivity contribution < 1.29 is 9.53 Å². The molecule has 4 aromatic heterocycles. The monoisotopic (exact) mass is 733 g/mol. The first kappa shape index (κ1) is 33.9. The van der Waals surface area contributed by atoms with E-state index in [0.29, 0.717) is 42.5 Å². The highest BCUT2D eigenvalue weighted by Gasteiger charge is 2.37. The molecule has 5 heterocycles. The standard InChI is InChI=1S/C39H37Cl2N9O2/c1-20-16-26(17-21(2)35(20)41)52-15-7-8-27-28-10-11-30(40)34(33-23(4)45-48(6)24(33)5)36(28)50-22(3)19-49(39(51)37(27)50)32-13-14-42-31-12-9-25(18-29(31)32)38-43-46-47-44-38/h9-14,16-18,22H,7-8,15,19H2,1-6H3,(H,43,44,46,47). The van der Waals surface area contributed by atoms with Gasteiger partial charge in [0.15, 0.2) is 0 Å². The van der Waals surface area contributed by atoms with E-state index in [1.165, 1.54) is 0 Å². The van der Waals surface area contributed by atoms with Crippen LogP contribution in [0.25, 0.3) is 44.3 Å². The summed E-state index contributed by atoms with van der Waals surface area (Å²) in [6.07, 6.45) is 3.05. The smallest absolute Gasteiger partial charge is 0.275 e. The van der Waals surface area contributed by atoms with Crippen LogP contribution in [0, 0.1) is 27.7 Å². The van der Waals surface area contributed by atoms with Gasteiger partial charge in [0, 0.05) is 64.0 Å². The molecule has 0 fully saturated rings. The quantitative estimate of drug-likeness (QED) is 0.156. The van der Waals surface area contributed by atoms with E-state index in [4.69, 9.17) is 33.0 Å². The van der Waals surface area contributed by atoms with Crippen molar-refractivity contribution in [2.45, 2.75) is 53.5 Å². The van der Waals surface area contributed by atoms with Crippen LogP contribution in [-0.4, -0.2) is 59.0 Å². The number of aromatic nitrogens is 8. The highest BCUT2D eigenvalue weighted by molar-refractivity contribution is 6.35. The molecule has 1 N–H and O–H groups in total. The summed E-state index contributed by atoms with van der Waals surface area (Å²) in [4.78, 5) is 21.6. The molecule has 0 saturated carbocycles. The number of amides is 1. The van der Waals surface area contributed by atoms with Crippen molar-refractivity contribution in [2.24, 2.45) is 7.05 Å². The molecule has 13 heteroatoms. The summed E-state index contributed by atoms with van der Waals surface area (Å²) in [5.41, 5.74) is 10.6. The number of nitrogens with zero attached hydrogens (tertiary/aromatic N) is 8. The number of fused-ring (bicyclic) bond motifs is 4. The number of carbonyl (C=O) groups is 1. The van der Waals surface area contributed by atoms with Crippen molar-refractivity contribution in [3.8, 4) is 28.3 Å². The number of tetrazole rings is 1. The van der Waals surface area contributed by atoms with Crippen LogP contribution < -0.4 is 9.64 Å². The van der Waals surface area contributed by atoms with Gasteiger partial charge in [-0.1, -0.05) is 29.3 Å². The topological polar surface area (TPSA) is 120 Å². The summed E-state index contributed by atoms with van der Waals surface area (Å²) in [6, 6.07) is 15.5. The van der Waals surface area contributed by atoms with Gasteiger partial charge in [-0.2, -0.15) is 10.3 Å². The number of aromatic amines is 1. The highest BCUT2D eigenvalue weighted by Crippen LogP contribution is 2.45. The number of halogens is 2. The molecule has 0 aliphatic carbocycles. The van der Waals surface area contributed by atoms with Crippen LogP contribution in [-0.2, 0) is 13.5 Å². The lowest BCUT2D eigenvalue weighted by atomic mass is 9.98. The number of H-pyrrole nitrogens is 1. The number of rotatable bonds is 8. The fourth-order valence-corrected chi connectivity index (χ4v) is 8.08. The van der Waals surface area contributed by atoms with Gasteiger partial charge in [0.05, 0.1) is 34.0 Å². The Bertz CT molecular complexity index is 2510. The van der Waals surface area contributed by atoms with Crippen molar-refractivity contribution in [1.29, 1.82) is 0 Å². The van der Waals surface area contributed by atoms with Crippen LogP contribution in [0.15, 0.2) is 54.7 Å². The molecule has 7 aromatic rings. The lowest BCUT2D eigenvalue weighted by molar-refractivity contribution is 0.0957. The number of carbonyl (C=O) groups excluding carboxylic acids is 1. The molecule has 0 bridgehead atoms. The summed E-state index contributed by atoms with van der Waals surface area (Å²) >= 11 is 13.5. The highest BCUT2D eigenvalue weighted by atomic mass is 35.5. The molecule has 0 radical (unpaired) electrons. The van der Waals surface area contributed by atoms with E-state index in [9.17, 15) is 0 Å². The van der Waals surface area contributed by atoms with Gasteiger partial charge in [-0.05, 0) is 112 Å². The van der Waals surface area contributed by atoms with E-state index in [2.05, 4.69) is 50.1 Å². The number of anilines is 1. The molecule has 3 aromatic carbocycles. The van der Waals surface area contributed by atoms with Gasteiger partial charge in [-0.3, -0.25) is 14.5 Å². The van der Waals surface area contributed by atoms with E-state index < -0.39 is 0 Å². The first-order valence-corrected chi connectivity index (χ1v) is 18.0. The van der Waals surface area contributed by atoms with E-state index in [1.54, 1.807) is 6.20 Å². The fraction of sp³-hybridized carbons (Fsp3) is 0.282. The van der Waals surface area contributed by atoms with Gasteiger partial charge in [0.2, 0.25) is 5.82 Å². The Balaban J connectivity index is 1.26. The summed E-state index contributed by atoms with van der Waals surface area (Å²) in [6.45, 7) is 11.1. The van der Waals surface area contributed by atoms with E-state index in [1.807, 2.05) is 79.9 Å². The minimum Gasteiger partial charge on any atom is -0.494 e. The Morgan fingerprint density at radius 2 is 1.77 bits per heavy atom. The fourth-order valence-electron chi connectivity index (χ4n) is 7.73. The maximum absolute atomic E-state index is 15.1. The van der Waals surface area contributed by atoms with Crippen LogP contribution in [0.2, 0.25) is 10.0 Å². The Labute approximate surface area is 310 Å². The van der Waals surface area contributed by atoms with Crippen LogP contribution in [0.1, 0.15) is 58.0 Å². The Morgan fingerprint density at radius 3 is 2.48 bits per heavy atom. The van der Waals surface area contributed by atoms with Crippen molar-refractivity contribution in [3.05, 3.63) is 98.5 Å². The second-order valence-corrected chi connectivity index (χ2v) is 14.4. The van der Waals surface area contributed by atoms with Gasteiger partial charge in [-0.15, -0.1) is 10.2 Å². The minimum atomic E-state index is -0.0988. The van der Waals surface area contributed by atoms with Crippen LogP contribution >= 0.6 is 23.2 Å². The third-order valence-corrected chi connectivity index (χ3v) is 11.1. The number of ether oxygens (including phenoxy) is 1. The third kappa shape index (κ3) is 5.50. The average molecular weight is 735 g/mol.